The van der Waals surface area contributed by atoms with E-state index >= 15 is 4.39 Å². The molecule has 0 aliphatic heterocycles. The predicted octanol–water partition coefficient (Wildman–Crippen LogP) is 6.00. The van der Waals surface area contributed by atoms with Gasteiger partial charge in [0.15, 0.2) is 5.69 Å². The highest BCUT2D eigenvalue weighted by Gasteiger charge is 2.25. The minimum Gasteiger partial charge on any atom is -0.206 e. The Morgan fingerprint density at radius 1 is 0.885 bits per heavy atom. The summed E-state index contributed by atoms with van der Waals surface area (Å²) < 4.78 is 17.3. The third-order valence-corrected chi connectivity index (χ3v) is 5.60. The van der Waals surface area contributed by atoms with Crippen molar-refractivity contribution in [2.75, 3.05) is 0 Å². The molecule has 0 saturated heterocycles. The molecule has 0 amide bonds. The number of aromatic nitrogens is 1. The van der Waals surface area contributed by atoms with Gasteiger partial charge in [0.2, 0.25) is 5.69 Å². The third-order valence-electron chi connectivity index (χ3n) is 5.60. The molecule has 0 spiro atoms. The Labute approximate surface area is 156 Å². The monoisotopic (exact) mass is 350 g/mol. The van der Waals surface area contributed by atoms with Gasteiger partial charge in [0, 0.05) is 13.0 Å². The van der Waals surface area contributed by atoms with E-state index in [0.717, 1.165) is 33.5 Å². The van der Waals surface area contributed by atoms with Crippen LogP contribution in [0.2, 0.25) is 0 Å². The van der Waals surface area contributed by atoms with Gasteiger partial charge in [0.1, 0.15) is 12.9 Å². The van der Waals surface area contributed by atoms with Crippen molar-refractivity contribution in [3.63, 3.8) is 0 Å². The second-order valence-electron chi connectivity index (χ2n) is 8.57. The van der Waals surface area contributed by atoms with Crippen LogP contribution in [0.25, 0.3) is 22.0 Å². The van der Waals surface area contributed by atoms with Crippen molar-refractivity contribution in [3.8, 4) is 11.3 Å². The van der Waals surface area contributed by atoms with E-state index in [1.807, 2.05) is 27.0 Å². The quantitative estimate of drug-likeness (QED) is 0.474. The molecule has 1 nitrogen and oxygen atoms in total. The first kappa shape index (κ1) is 18.6. The Hall–Kier alpha value is -2.22. The first-order chi connectivity index (χ1) is 12.0. The summed E-state index contributed by atoms with van der Waals surface area (Å²) in [4.78, 5) is 0. The highest BCUT2D eigenvalue weighted by molar-refractivity contribution is 5.94. The molecule has 0 fully saturated rings. The van der Waals surface area contributed by atoms with Crippen molar-refractivity contribution in [3.05, 3.63) is 64.1 Å². The van der Waals surface area contributed by atoms with Crippen LogP contribution in [0.3, 0.4) is 0 Å². The number of aryl methyl sites for hydroxylation is 3. The second-order valence-corrected chi connectivity index (χ2v) is 8.57. The van der Waals surface area contributed by atoms with Crippen LogP contribution in [0, 0.1) is 33.5 Å². The van der Waals surface area contributed by atoms with Gasteiger partial charge in [-0.15, -0.1) is 0 Å². The van der Waals surface area contributed by atoms with Gasteiger partial charge in [-0.05, 0) is 59.9 Å². The number of halogens is 1. The van der Waals surface area contributed by atoms with E-state index in [2.05, 4.69) is 63.5 Å². The lowest BCUT2D eigenvalue weighted by atomic mass is 9.85. The molecule has 136 valence electrons. The molecule has 0 unspecified atom stereocenters. The van der Waals surface area contributed by atoms with Gasteiger partial charge >= 0.3 is 0 Å². The van der Waals surface area contributed by atoms with Crippen molar-refractivity contribution in [2.24, 2.45) is 7.05 Å². The van der Waals surface area contributed by atoms with Crippen LogP contribution in [0.15, 0.2) is 30.3 Å². The fourth-order valence-corrected chi connectivity index (χ4v) is 3.68. The SMILES string of the molecule is Cc1cc(C)c(F)c(-c2c3ccc(C(C)(C)C)cc3cc(C)[n+]2C)c1C. The summed E-state index contributed by atoms with van der Waals surface area (Å²) in [7, 11) is 2.03. The number of benzene rings is 2. The Morgan fingerprint density at radius 2 is 1.54 bits per heavy atom. The Balaban J connectivity index is 2.46. The largest absolute Gasteiger partial charge is 0.223 e. The Morgan fingerprint density at radius 3 is 2.15 bits per heavy atom. The van der Waals surface area contributed by atoms with Crippen LogP contribution in [-0.4, -0.2) is 0 Å². The fraction of sp³-hybridized carbons (Fsp3) is 0.375. The first-order valence-corrected chi connectivity index (χ1v) is 9.23. The van der Waals surface area contributed by atoms with E-state index in [4.69, 9.17) is 0 Å². The van der Waals surface area contributed by atoms with Gasteiger partial charge in [-0.1, -0.05) is 39.0 Å². The van der Waals surface area contributed by atoms with Gasteiger partial charge in [0.05, 0.1) is 10.9 Å². The standard InChI is InChI=1S/C24H29FN/c1-14-11-15(2)22(25)21(17(14)4)23-20-10-9-19(24(5,6)7)13-18(20)12-16(3)26(23)8/h9-13H,1-8H3/q+1. The maximum Gasteiger partial charge on any atom is 0.223 e. The minimum absolute atomic E-state index is 0.0847. The van der Waals surface area contributed by atoms with Crippen molar-refractivity contribution in [1.82, 2.24) is 0 Å². The summed E-state index contributed by atoms with van der Waals surface area (Å²) in [5.41, 5.74) is 7.02. The lowest BCUT2D eigenvalue weighted by Crippen LogP contribution is -2.35. The Bertz CT molecular complexity index is 997. The van der Waals surface area contributed by atoms with E-state index in [9.17, 15) is 0 Å². The van der Waals surface area contributed by atoms with Crippen molar-refractivity contribution in [1.29, 1.82) is 0 Å². The summed E-state index contributed by atoms with van der Waals surface area (Å²) in [5, 5.41) is 2.26. The van der Waals surface area contributed by atoms with Crippen molar-refractivity contribution in [2.45, 2.75) is 53.9 Å². The van der Waals surface area contributed by atoms with Gasteiger partial charge in [-0.3, -0.25) is 0 Å². The number of nitrogens with zero attached hydrogens (tertiary/aromatic N) is 1. The zero-order chi connectivity index (χ0) is 19.4. The number of hydrogen-bond donors (Lipinski definition) is 0. The van der Waals surface area contributed by atoms with Crippen LogP contribution in [-0.2, 0) is 12.5 Å². The van der Waals surface area contributed by atoms with E-state index in [1.165, 1.54) is 10.9 Å². The van der Waals surface area contributed by atoms with Crippen LogP contribution >= 0.6 is 0 Å². The molecule has 0 aliphatic rings. The van der Waals surface area contributed by atoms with Crippen LogP contribution < -0.4 is 4.57 Å². The van der Waals surface area contributed by atoms with E-state index in [-0.39, 0.29) is 11.2 Å². The first-order valence-electron chi connectivity index (χ1n) is 9.23. The summed E-state index contributed by atoms with van der Waals surface area (Å²) in [6.45, 7) is 14.7. The molecule has 0 atom stereocenters. The molecule has 1 aromatic heterocycles. The van der Waals surface area contributed by atoms with E-state index < -0.39 is 0 Å². The van der Waals surface area contributed by atoms with E-state index in [1.54, 1.807) is 0 Å². The van der Waals surface area contributed by atoms with Gasteiger partial charge in [-0.25, -0.2) is 4.39 Å². The lowest BCUT2D eigenvalue weighted by molar-refractivity contribution is -0.665. The molecule has 3 rings (SSSR count). The van der Waals surface area contributed by atoms with Crippen LogP contribution in [0.5, 0.6) is 0 Å². The molecule has 3 aromatic rings. The minimum atomic E-state index is -0.115. The maximum atomic E-state index is 15.2. The number of hydrogen-bond acceptors (Lipinski definition) is 0. The average molecular weight is 351 g/mol. The second kappa shape index (κ2) is 6.19. The zero-order valence-electron chi connectivity index (χ0n) is 17.2. The summed E-state index contributed by atoms with van der Waals surface area (Å²) in [6.07, 6.45) is 0. The topological polar surface area (TPSA) is 3.88 Å². The zero-order valence-corrected chi connectivity index (χ0v) is 17.2. The molecule has 0 N–H and O–H groups in total. The summed E-state index contributed by atoms with van der Waals surface area (Å²) >= 11 is 0. The molecule has 2 heteroatoms. The molecule has 0 bridgehead atoms. The normalized spacial score (nSPS) is 12.0. The molecule has 2 aromatic carbocycles. The van der Waals surface area contributed by atoms with Gasteiger partial charge < -0.3 is 0 Å². The molecule has 0 radical (unpaired) electrons. The highest BCUT2D eigenvalue weighted by Crippen LogP contribution is 2.35. The smallest absolute Gasteiger partial charge is 0.206 e. The summed E-state index contributed by atoms with van der Waals surface area (Å²) in [5.74, 6) is -0.115. The van der Waals surface area contributed by atoms with Crippen LogP contribution in [0.4, 0.5) is 4.39 Å². The highest BCUT2D eigenvalue weighted by atomic mass is 19.1. The van der Waals surface area contributed by atoms with E-state index in [0.29, 0.717) is 5.56 Å². The predicted molar refractivity (Wildman–Crippen MR) is 108 cm³/mol. The summed E-state index contributed by atoms with van der Waals surface area (Å²) in [6, 6.07) is 10.7. The molecule has 26 heavy (non-hydrogen) atoms. The number of pyridine rings is 1. The van der Waals surface area contributed by atoms with Crippen molar-refractivity contribution < 1.29 is 8.96 Å². The van der Waals surface area contributed by atoms with Gasteiger partial charge in [-0.2, -0.15) is 4.57 Å². The third kappa shape index (κ3) is 2.92. The number of rotatable bonds is 1. The Kier molecular flexibility index (Phi) is 4.42. The van der Waals surface area contributed by atoms with Gasteiger partial charge in [0.25, 0.3) is 0 Å². The fourth-order valence-electron chi connectivity index (χ4n) is 3.68. The molecule has 0 aliphatic carbocycles. The maximum absolute atomic E-state index is 15.2. The molecular formula is C24H29FN+. The molecular weight excluding hydrogens is 321 g/mol. The van der Waals surface area contributed by atoms with Crippen LogP contribution in [0.1, 0.15) is 48.7 Å². The lowest BCUT2D eigenvalue weighted by Gasteiger charge is -2.20. The van der Waals surface area contributed by atoms with Crippen molar-refractivity contribution >= 4 is 10.8 Å². The average Bonchev–Trinajstić information content (AvgIpc) is 2.55. The molecule has 0 saturated carbocycles. The molecule has 1 heterocycles. The number of fused-ring (bicyclic) bond motifs is 1.